The zero-order valence-electron chi connectivity index (χ0n) is 14.2. The fourth-order valence-corrected chi connectivity index (χ4v) is 2.98. The van der Waals surface area contributed by atoms with E-state index in [-0.39, 0.29) is 24.2 Å². The van der Waals surface area contributed by atoms with Crippen LogP contribution < -0.4 is 15.4 Å². The van der Waals surface area contributed by atoms with Crippen LogP contribution in [-0.2, 0) is 11.3 Å². The molecule has 0 spiro atoms. The first-order valence-electron chi connectivity index (χ1n) is 8.46. The molecule has 0 saturated carbocycles. The van der Waals surface area contributed by atoms with Crippen LogP contribution in [0.1, 0.15) is 31.7 Å². The molecule has 5 nitrogen and oxygen atoms in total. The predicted molar refractivity (Wildman–Crippen MR) is 87.0 cm³/mol. The molecule has 2 N–H and O–H groups in total. The van der Waals surface area contributed by atoms with Crippen LogP contribution in [0, 0.1) is 11.8 Å². The maximum atomic E-state index is 12.3. The lowest BCUT2D eigenvalue weighted by Gasteiger charge is -2.27. The number of ether oxygens (including phenoxy) is 1. The van der Waals surface area contributed by atoms with Crippen molar-refractivity contribution in [2.24, 2.45) is 11.8 Å². The van der Waals surface area contributed by atoms with Gasteiger partial charge in [-0.2, -0.15) is 13.2 Å². The molecule has 8 heteroatoms. The highest BCUT2D eigenvalue weighted by atomic mass is 19.4. The van der Waals surface area contributed by atoms with Crippen molar-refractivity contribution in [3.63, 3.8) is 0 Å². The quantitative estimate of drug-likeness (QED) is 0.786. The van der Waals surface area contributed by atoms with E-state index in [0.717, 1.165) is 25.9 Å². The van der Waals surface area contributed by atoms with Gasteiger partial charge < -0.3 is 15.4 Å². The molecule has 1 aromatic rings. The Kier molecular flexibility index (Phi) is 7.04. The van der Waals surface area contributed by atoms with Gasteiger partial charge in [0.2, 0.25) is 11.8 Å². The highest BCUT2D eigenvalue weighted by molar-refractivity contribution is 5.76. The number of hydrogen-bond acceptors (Lipinski definition) is 4. The van der Waals surface area contributed by atoms with Crippen molar-refractivity contribution in [2.45, 2.75) is 38.9 Å². The van der Waals surface area contributed by atoms with Gasteiger partial charge in [0.15, 0.2) is 6.61 Å². The second kappa shape index (κ2) is 9.03. The molecular formula is C17H24F3N3O2. The largest absolute Gasteiger partial charge is 0.468 e. The average Bonchev–Trinajstić information content (AvgIpc) is 2.59. The van der Waals surface area contributed by atoms with Gasteiger partial charge in [0, 0.05) is 24.7 Å². The number of amides is 1. The van der Waals surface area contributed by atoms with Crippen LogP contribution in [0.5, 0.6) is 5.88 Å². The molecule has 1 atom stereocenters. The molecule has 2 rings (SSSR count). The first-order chi connectivity index (χ1) is 11.8. The second-order valence-electron chi connectivity index (χ2n) is 6.42. The number of piperidine rings is 1. The molecule has 1 saturated heterocycles. The second-order valence-corrected chi connectivity index (χ2v) is 6.42. The van der Waals surface area contributed by atoms with Gasteiger partial charge in [-0.25, -0.2) is 4.98 Å². The Hall–Kier alpha value is -1.83. The van der Waals surface area contributed by atoms with Gasteiger partial charge in [-0.1, -0.05) is 13.0 Å². The van der Waals surface area contributed by atoms with Crippen LogP contribution in [0.3, 0.4) is 0 Å². The summed E-state index contributed by atoms with van der Waals surface area (Å²) in [5.74, 6) is 0.580. The lowest BCUT2D eigenvalue weighted by molar-refractivity contribution is -0.154. The van der Waals surface area contributed by atoms with E-state index in [1.54, 1.807) is 12.1 Å². The molecule has 2 heterocycles. The van der Waals surface area contributed by atoms with E-state index in [9.17, 15) is 18.0 Å². The maximum absolute atomic E-state index is 12.3. The van der Waals surface area contributed by atoms with E-state index in [0.29, 0.717) is 17.9 Å². The minimum absolute atomic E-state index is 0.0960. The third-order valence-corrected chi connectivity index (χ3v) is 4.39. The summed E-state index contributed by atoms with van der Waals surface area (Å²) in [6.07, 6.45) is -0.541. The molecule has 1 aliphatic heterocycles. The molecule has 0 aliphatic carbocycles. The molecule has 1 unspecified atom stereocenters. The predicted octanol–water partition coefficient (Wildman–Crippen LogP) is 2.66. The molecular weight excluding hydrogens is 335 g/mol. The first kappa shape index (κ1) is 19.5. The van der Waals surface area contributed by atoms with Gasteiger partial charge in [0.25, 0.3) is 0 Å². The molecule has 140 valence electrons. The number of halogens is 3. The Balaban J connectivity index is 1.82. The van der Waals surface area contributed by atoms with Crippen molar-refractivity contribution >= 4 is 5.91 Å². The van der Waals surface area contributed by atoms with Crippen molar-refractivity contribution in [2.75, 3.05) is 19.7 Å². The fourth-order valence-electron chi connectivity index (χ4n) is 2.98. The lowest BCUT2D eigenvalue weighted by atomic mass is 9.84. The Bertz CT molecular complexity index is 560. The lowest BCUT2D eigenvalue weighted by Crippen LogP contribution is -2.33. The summed E-state index contributed by atoms with van der Waals surface area (Å²) in [5, 5.41) is 6.05. The van der Waals surface area contributed by atoms with E-state index in [4.69, 9.17) is 4.74 Å². The Morgan fingerprint density at radius 2 is 2.16 bits per heavy atom. The van der Waals surface area contributed by atoms with Crippen LogP contribution in [0.25, 0.3) is 0 Å². The number of pyridine rings is 1. The smallest absolute Gasteiger partial charge is 0.422 e. The summed E-state index contributed by atoms with van der Waals surface area (Å²) in [4.78, 5) is 15.9. The summed E-state index contributed by atoms with van der Waals surface area (Å²) >= 11 is 0. The van der Waals surface area contributed by atoms with Gasteiger partial charge in [0.05, 0.1) is 0 Å². The molecule has 1 aromatic heterocycles. The van der Waals surface area contributed by atoms with Crippen LogP contribution >= 0.6 is 0 Å². The fraction of sp³-hybridized carbons (Fsp3) is 0.647. The first-order valence-corrected chi connectivity index (χ1v) is 8.46. The summed E-state index contributed by atoms with van der Waals surface area (Å²) in [5.41, 5.74) is 0.426. The topological polar surface area (TPSA) is 63.2 Å². The van der Waals surface area contributed by atoms with Crippen molar-refractivity contribution in [1.29, 1.82) is 0 Å². The zero-order valence-corrected chi connectivity index (χ0v) is 14.2. The van der Waals surface area contributed by atoms with E-state index >= 15 is 0 Å². The summed E-state index contributed by atoms with van der Waals surface area (Å²) in [7, 11) is 0. The number of carbonyl (C=O) groups excluding carboxylic acids is 1. The van der Waals surface area contributed by atoms with Gasteiger partial charge in [-0.05, 0) is 43.8 Å². The summed E-state index contributed by atoms with van der Waals surface area (Å²) in [6, 6.07) is 3.19. The SMILES string of the molecule is CC(CC(=O)NCc1cccnc1OCC(F)(F)F)C1CCNCC1. The Morgan fingerprint density at radius 3 is 2.84 bits per heavy atom. The number of hydrogen-bond donors (Lipinski definition) is 2. The molecule has 0 radical (unpaired) electrons. The normalized spacial score (nSPS) is 17.1. The minimum Gasteiger partial charge on any atom is -0.468 e. The number of aromatic nitrogens is 1. The molecule has 1 amide bonds. The zero-order chi connectivity index (χ0) is 18.3. The van der Waals surface area contributed by atoms with E-state index < -0.39 is 12.8 Å². The monoisotopic (exact) mass is 359 g/mol. The van der Waals surface area contributed by atoms with E-state index in [2.05, 4.69) is 22.5 Å². The van der Waals surface area contributed by atoms with Crippen molar-refractivity contribution in [3.05, 3.63) is 23.9 Å². The molecule has 0 aromatic carbocycles. The van der Waals surface area contributed by atoms with Crippen molar-refractivity contribution < 1.29 is 22.7 Å². The van der Waals surface area contributed by atoms with Crippen LogP contribution in [0.15, 0.2) is 18.3 Å². The summed E-state index contributed by atoms with van der Waals surface area (Å²) in [6.45, 7) is 2.71. The number of nitrogens with one attached hydrogen (secondary N) is 2. The number of nitrogens with zero attached hydrogens (tertiary/aromatic N) is 1. The van der Waals surface area contributed by atoms with Gasteiger partial charge in [-0.3, -0.25) is 4.79 Å². The van der Waals surface area contributed by atoms with Gasteiger partial charge >= 0.3 is 6.18 Å². The van der Waals surface area contributed by atoms with Gasteiger partial charge in [0.1, 0.15) is 0 Å². The molecule has 0 bridgehead atoms. The van der Waals surface area contributed by atoms with E-state index in [1.807, 2.05) is 0 Å². The Morgan fingerprint density at radius 1 is 1.44 bits per heavy atom. The minimum atomic E-state index is -4.43. The third-order valence-electron chi connectivity index (χ3n) is 4.39. The number of carbonyl (C=O) groups is 1. The Labute approximate surface area is 145 Å². The van der Waals surface area contributed by atoms with Crippen molar-refractivity contribution in [1.82, 2.24) is 15.6 Å². The number of alkyl halides is 3. The van der Waals surface area contributed by atoms with E-state index in [1.165, 1.54) is 6.20 Å². The third kappa shape index (κ3) is 6.89. The van der Waals surface area contributed by atoms with Crippen molar-refractivity contribution in [3.8, 4) is 5.88 Å². The maximum Gasteiger partial charge on any atom is 0.422 e. The highest BCUT2D eigenvalue weighted by Crippen LogP contribution is 2.24. The number of rotatable bonds is 7. The summed E-state index contributed by atoms with van der Waals surface area (Å²) < 4.78 is 41.6. The molecule has 1 fully saturated rings. The standard InChI is InChI=1S/C17H24F3N3O2/c1-12(13-4-7-21-8-5-13)9-15(24)23-10-14-3-2-6-22-16(14)25-11-17(18,19)20/h2-3,6,12-13,21H,4-5,7-11H2,1H3,(H,23,24). The highest BCUT2D eigenvalue weighted by Gasteiger charge is 2.29. The molecule has 1 aliphatic rings. The average molecular weight is 359 g/mol. The van der Waals surface area contributed by atoms with Crippen LogP contribution in [-0.4, -0.2) is 36.8 Å². The van der Waals surface area contributed by atoms with Crippen LogP contribution in [0.2, 0.25) is 0 Å². The van der Waals surface area contributed by atoms with Gasteiger partial charge in [-0.15, -0.1) is 0 Å². The molecule has 25 heavy (non-hydrogen) atoms. The van der Waals surface area contributed by atoms with Crippen LogP contribution in [0.4, 0.5) is 13.2 Å².